The van der Waals surface area contributed by atoms with Crippen LogP contribution in [0.25, 0.3) is 0 Å². The first-order chi connectivity index (χ1) is 9.43. The number of ether oxygens (including phenoxy) is 1. The van der Waals surface area contributed by atoms with Crippen molar-refractivity contribution in [2.24, 2.45) is 0 Å². The van der Waals surface area contributed by atoms with Gasteiger partial charge in [0.2, 0.25) is 0 Å². The predicted octanol–water partition coefficient (Wildman–Crippen LogP) is 1.70. The number of aliphatic hydroxyl groups excluding tert-OH is 1. The van der Waals surface area contributed by atoms with Crippen molar-refractivity contribution in [1.82, 2.24) is 10.2 Å². The molecule has 0 saturated carbocycles. The van der Waals surface area contributed by atoms with Crippen molar-refractivity contribution in [2.75, 3.05) is 26.8 Å². The summed E-state index contributed by atoms with van der Waals surface area (Å²) >= 11 is 0. The lowest BCUT2D eigenvalue weighted by Crippen LogP contribution is -2.44. The summed E-state index contributed by atoms with van der Waals surface area (Å²) in [6.45, 7) is 6.61. The molecular weight excluding hydrogens is 256 g/mol. The zero-order valence-corrected chi connectivity index (χ0v) is 12.6. The minimum Gasteiger partial charge on any atom is -0.492 e. The molecular formula is C15H24N2O3. The fraction of sp³-hybridized carbons (Fsp3) is 0.533. The van der Waals surface area contributed by atoms with Crippen molar-refractivity contribution in [2.45, 2.75) is 26.8 Å². The van der Waals surface area contributed by atoms with Gasteiger partial charge < -0.3 is 20.1 Å². The zero-order valence-electron chi connectivity index (χ0n) is 12.6. The van der Waals surface area contributed by atoms with Gasteiger partial charge in [-0.25, -0.2) is 4.79 Å². The van der Waals surface area contributed by atoms with E-state index in [0.29, 0.717) is 13.2 Å². The van der Waals surface area contributed by atoms with E-state index in [9.17, 15) is 4.79 Å². The highest BCUT2D eigenvalue weighted by molar-refractivity contribution is 5.74. The molecule has 0 aromatic heterocycles. The Morgan fingerprint density at radius 2 is 1.95 bits per heavy atom. The fourth-order valence-electron chi connectivity index (χ4n) is 1.79. The van der Waals surface area contributed by atoms with E-state index >= 15 is 0 Å². The number of hydrogen-bond acceptors (Lipinski definition) is 3. The van der Waals surface area contributed by atoms with Crippen LogP contribution in [0, 0.1) is 13.8 Å². The summed E-state index contributed by atoms with van der Waals surface area (Å²) < 4.78 is 5.60. The summed E-state index contributed by atoms with van der Waals surface area (Å²) in [7, 11) is 1.65. The average Bonchev–Trinajstić information content (AvgIpc) is 2.40. The lowest BCUT2D eigenvalue weighted by molar-refractivity contribution is 0.156. The molecule has 112 valence electrons. The highest BCUT2D eigenvalue weighted by Gasteiger charge is 2.13. The van der Waals surface area contributed by atoms with Gasteiger partial charge in [0.15, 0.2) is 0 Å². The van der Waals surface area contributed by atoms with Crippen molar-refractivity contribution < 1.29 is 14.6 Å². The highest BCUT2D eigenvalue weighted by atomic mass is 16.5. The maximum Gasteiger partial charge on any atom is 0.317 e. The maximum absolute atomic E-state index is 11.7. The van der Waals surface area contributed by atoms with Crippen LogP contribution >= 0.6 is 0 Å². The quantitative estimate of drug-likeness (QED) is 0.780. The van der Waals surface area contributed by atoms with Gasteiger partial charge in [-0.05, 0) is 44.0 Å². The molecule has 0 fully saturated rings. The summed E-state index contributed by atoms with van der Waals surface area (Å²) in [4.78, 5) is 13.2. The van der Waals surface area contributed by atoms with Crippen LogP contribution in [-0.4, -0.2) is 48.9 Å². The molecule has 0 spiro atoms. The number of carbonyl (C=O) groups excluding carboxylic acids is 1. The van der Waals surface area contributed by atoms with E-state index in [4.69, 9.17) is 9.84 Å². The Labute approximate surface area is 120 Å². The fourth-order valence-corrected chi connectivity index (χ4v) is 1.79. The molecule has 0 radical (unpaired) electrons. The van der Waals surface area contributed by atoms with Gasteiger partial charge in [-0.15, -0.1) is 0 Å². The summed E-state index contributed by atoms with van der Waals surface area (Å²) in [5, 5.41) is 11.7. The Bertz CT molecular complexity index is 428. The minimum absolute atomic E-state index is 0.0526. The topological polar surface area (TPSA) is 61.8 Å². The number of carbonyl (C=O) groups is 1. The van der Waals surface area contributed by atoms with Crippen molar-refractivity contribution in [3.8, 4) is 5.75 Å². The van der Waals surface area contributed by atoms with Crippen LogP contribution in [0.1, 0.15) is 18.1 Å². The first kappa shape index (κ1) is 16.3. The molecule has 2 amide bonds. The van der Waals surface area contributed by atoms with Crippen LogP contribution < -0.4 is 10.1 Å². The Kier molecular flexibility index (Phi) is 6.31. The highest BCUT2D eigenvalue weighted by Crippen LogP contribution is 2.15. The van der Waals surface area contributed by atoms with Crippen LogP contribution in [0.15, 0.2) is 18.2 Å². The van der Waals surface area contributed by atoms with Gasteiger partial charge in [0, 0.05) is 7.05 Å². The number of likely N-dealkylation sites (N-methyl/N-ethyl adjacent to an activating group) is 1. The molecule has 2 N–H and O–H groups in total. The van der Waals surface area contributed by atoms with Crippen molar-refractivity contribution in [3.05, 3.63) is 29.3 Å². The molecule has 5 heteroatoms. The van der Waals surface area contributed by atoms with Gasteiger partial charge in [0.25, 0.3) is 0 Å². The molecule has 0 aliphatic rings. The third kappa shape index (κ3) is 5.09. The van der Waals surface area contributed by atoms with Gasteiger partial charge in [-0.1, -0.05) is 6.07 Å². The average molecular weight is 280 g/mol. The number of benzene rings is 1. The molecule has 1 aromatic rings. The lowest BCUT2D eigenvalue weighted by Gasteiger charge is -2.23. The van der Waals surface area contributed by atoms with Crippen LogP contribution in [0.3, 0.4) is 0 Å². The van der Waals surface area contributed by atoms with Gasteiger partial charge in [0.1, 0.15) is 12.4 Å². The molecule has 1 unspecified atom stereocenters. The van der Waals surface area contributed by atoms with E-state index in [1.165, 1.54) is 4.90 Å². The van der Waals surface area contributed by atoms with E-state index < -0.39 is 0 Å². The van der Waals surface area contributed by atoms with Crippen LogP contribution in [0.2, 0.25) is 0 Å². The standard InChI is InChI=1S/C15H24N2O3/c1-11-7-12(2)9-14(8-11)20-6-5-16-15(19)17(4)13(3)10-18/h7-9,13,18H,5-6,10H2,1-4H3,(H,16,19). The van der Waals surface area contributed by atoms with Crippen molar-refractivity contribution >= 4 is 6.03 Å². The summed E-state index contributed by atoms with van der Waals surface area (Å²) in [6, 6.07) is 5.61. The normalized spacial score (nSPS) is 11.8. The molecule has 1 aromatic carbocycles. The molecule has 0 saturated heterocycles. The molecule has 0 bridgehead atoms. The second-order valence-electron chi connectivity index (χ2n) is 5.05. The third-order valence-electron chi connectivity index (χ3n) is 3.09. The molecule has 1 atom stereocenters. The monoisotopic (exact) mass is 280 g/mol. The van der Waals surface area contributed by atoms with Crippen molar-refractivity contribution in [1.29, 1.82) is 0 Å². The number of hydrogen-bond donors (Lipinski definition) is 2. The van der Waals surface area contributed by atoms with Gasteiger partial charge >= 0.3 is 6.03 Å². The number of urea groups is 1. The predicted molar refractivity (Wildman–Crippen MR) is 79.1 cm³/mol. The molecule has 0 aliphatic carbocycles. The Hall–Kier alpha value is -1.75. The summed E-state index contributed by atoms with van der Waals surface area (Å²) in [5.74, 6) is 0.814. The van der Waals surface area contributed by atoms with Gasteiger partial charge in [-0.3, -0.25) is 0 Å². The number of amides is 2. The molecule has 0 heterocycles. The van der Waals surface area contributed by atoms with Crippen molar-refractivity contribution in [3.63, 3.8) is 0 Å². The first-order valence-electron chi connectivity index (χ1n) is 6.76. The van der Waals surface area contributed by atoms with E-state index in [1.807, 2.05) is 26.0 Å². The SMILES string of the molecule is Cc1cc(C)cc(OCCNC(=O)N(C)C(C)CO)c1. The number of nitrogens with zero attached hydrogens (tertiary/aromatic N) is 1. The molecule has 1 rings (SSSR count). The zero-order chi connectivity index (χ0) is 15.1. The molecule has 20 heavy (non-hydrogen) atoms. The number of rotatable bonds is 6. The van der Waals surface area contributed by atoms with Crippen LogP contribution in [0.5, 0.6) is 5.75 Å². The summed E-state index contributed by atoms with van der Waals surface area (Å²) in [5.41, 5.74) is 2.31. The smallest absolute Gasteiger partial charge is 0.317 e. The largest absolute Gasteiger partial charge is 0.492 e. The number of aryl methyl sites for hydroxylation is 2. The van der Waals surface area contributed by atoms with E-state index in [1.54, 1.807) is 14.0 Å². The molecule has 0 aliphatic heterocycles. The van der Waals surface area contributed by atoms with Gasteiger partial charge in [0.05, 0.1) is 19.2 Å². The third-order valence-corrected chi connectivity index (χ3v) is 3.09. The Balaban J connectivity index is 2.33. The van der Waals surface area contributed by atoms with Crippen LogP contribution in [-0.2, 0) is 0 Å². The first-order valence-corrected chi connectivity index (χ1v) is 6.76. The van der Waals surface area contributed by atoms with E-state index in [2.05, 4.69) is 11.4 Å². The Morgan fingerprint density at radius 1 is 1.35 bits per heavy atom. The van der Waals surface area contributed by atoms with Gasteiger partial charge in [-0.2, -0.15) is 0 Å². The van der Waals surface area contributed by atoms with E-state index in [0.717, 1.165) is 16.9 Å². The van der Waals surface area contributed by atoms with E-state index in [-0.39, 0.29) is 18.7 Å². The number of nitrogens with one attached hydrogen (secondary N) is 1. The summed E-state index contributed by atoms with van der Waals surface area (Å²) in [6.07, 6.45) is 0. The number of aliphatic hydroxyl groups is 1. The maximum atomic E-state index is 11.7. The van der Waals surface area contributed by atoms with Crippen LogP contribution in [0.4, 0.5) is 4.79 Å². The minimum atomic E-state index is -0.212. The lowest BCUT2D eigenvalue weighted by atomic mass is 10.1. The second-order valence-corrected chi connectivity index (χ2v) is 5.05. The molecule has 5 nitrogen and oxygen atoms in total. The second kappa shape index (κ2) is 7.75. The Morgan fingerprint density at radius 3 is 2.50 bits per heavy atom.